The molecule has 2 nitrogen and oxygen atoms in total. The van der Waals surface area contributed by atoms with E-state index in [0.29, 0.717) is 11.5 Å². The number of rotatable bonds is 4. The minimum atomic E-state index is 0.376. The van der Waals surface area contributed by atoms with Crippen LogP contribution in [0, 0.1) is 17.3 Å². The highest BCUT2D eigenvalue weighted by Crippen LogP contribution is 2.37. The zero-order valence-electron chi connectivity index (χ0n) is 11.9. The van der Waals surface area contributed by atoms with Gasteiger partial charge in [-0.1, -0.05) is 27.2 Å². The molecule has 0 bridgehead atoms. The third kappa shape index (κ3) is 3.96. The minimum Gasteiger partial charge on any atom is -0.328 e. The first-order chi connectivity index (χ1) is 7.94. The van der Waals surface area contributed by atoms with Gasteiger partial charge in [0.05, 0.1) is 0 Å². The molecule has 2 aliphatic rings. The molecule has 2 heteroatoms. The fraction of sp³-hybridized carbons (Fsp3) is 1.00. The Morgan fingerprint density at radius 2 is 1.76 bits per heavy atom. The second-order valence-corrected chi connectivity index (χ2v) is 7.52. The maximum Gasteiger partial charge on any atom is 0.00559 e. The van der Waals surface area contributed by atoms with Crippen molar-refractivity contribution < 1.29 is 0 Å². The Balaban J connectivity index is 1.66. The lowest BCUT2D eigenvalue weighted by Crippen LogP contribution is -2.32. The third-order valence-electron chi connectivity index (χ3n) is 4.49. The summed E-state index contributed by atoms with van der Waals surface area (Å²) in [4.78, 5) is 2.66. The smallest absolute Gasteiger partial charge is 0.00559 e. The van der Waals surface area contributed by atoms with Crippen molar-refractivity contribution in [2.45, 2.75) is 58.9 Å². The van der Waals surface area contributed by atoms with Crippen LogP contribution in [0.25, 0.3) is 0 Å². The molecular weight excluding hydrogens is 208 g/mol. The van der Waals surface area contributed by atoms with Crippen LogP contribution in [0.2, 0.25) is 0 Å². The summed E-state index contributed by atoms with van der Waals surface area (Å²) in [5, 5.41) is 0. The van der Waals surface area contributed by atoms with Crippen LogP contribution in [0.3, 0.4) is 0 Å². The average Bonchev–Trinajstić information content (AvgIpc) is 2.70. The van der Waals surface area contributed by atoms with E-state index in [4.69, 9.17) is 5.73 Å². The second-order valence-electron chi connectivity index (χ2n) is 7.52. The van der Waals surface area contributed by atoms with E-state index < -0.39 is 0 Å². The largest absolute Gasteiger partial charge is 0.328 e. The number of nitrogens with zero attached hydrogens (tertiary/aromatic N) is 1. The molecule has 0 spiro atoms. The molecule has 100 valence electrons. The normalized spacial score (nSPS) is 31.8. The third-order valence-corrected chi connectivity index (χ3v) is 4.49. The highest BCUT2D eigenvalue weighted by atomic mass is 15.2. The van der Waals surface area contributed by atoms with Crippen LogP contribution in [-0.2, 0) is 0 Å². The molecule has 3 atom stereocenters. The van der Waals surface area contributed by atoms with E-state index in [2.05, 4.69) is 25.7 Å². The van der Waals surface area contributed by atoms with Gasteiger partial charge in [-0.15, -0.1) is 0 Å². The summed E-state index contributed by atoms with van der Waals surface area (Å²) in [6.45, 7) is 10.8. The Morgan fingerprint density at radius 1 is 1.18 bits per heavy atom. The molecule has 0 aromatic heterocycles. The van der Waals surface area contributed by atoms with Crippen LogP contribution in [0.15, 0.2) is 0 Å². The van der Waals surface area contributed by atoms with Crippen LogP contribution in [-0.4, -0.2) is 30.6 Å². The predicted molar refractivity (Wildman–Crippen MR) is 73.9 cm³/mol. The second kappa shape index (κ2) is 5.27. The fourth-order valence-electron chi connectivity index (χ4n) is 3.75. The van der Waals surface area contributed by atoms with Gasteiger partial charge in [0, 0.05) is 19.1 Å². The molecule has 0 aromatic carbocycles. The van der Waals surface area contributed by atoms with E-state index in [0.717, 1.165) is 18.3 Å². The zero-order chi connectivity index (χ0) is 12.5. The first-order valence-electron chi connectivity index (χ1n) is 7.42. The van der Waals surface area contributed by atoms with E-state index in [1.165, 1.54) is 45.3 Å². The molecule has 1 heterocycles. The zero-order valence-corrected chi connectivity index (χ0v) is 11.9. The van der Waals surface area contributed by atoms with Gasteiger partial charge in [0.2, 0.25) is 0 Å². The van der Waals surface area contributed by atoms with Crippen molar-refractivity contribution in [1.29, 1.82) is 0 Å². The summed E-state index contributed by atoms with van der Waals surface area (Å²) in [5.41, 5.74) is 6.60. The fourth-order valence-corrected chi connectivity index (χ4v) is 3.75. The van der Waals surface area contributed by atoms with Crippen LogP contribution >= 0.6 is 0 Å². The number of nitrogens with two attached hydrogens (primary N) is 1. The Bertz CT molecular complexity index is 232. The van der Waals surface area contributed by atoms with Gasteiger partial charge in [0.15, 0.2) is 0 Å². The monoisotopic (exact) mass is 238 g/mol. The van der Waals surface area contributed by atoms with Crippen molar-refractivity contribution >= 4 is 0 Å². The van der Waals surface area contributed by atoms with Crippen molar-refractivity contribution in [1.82, 2.24) is 4.90 Å². The summed E-state index contributed by atoms with van der Waals surface area (Å²) in [6, 6.07) is 0.385. The van der Waals surface area contributed by atoms with Gasteiger partial charge in [0.1, 0.15) is 0 Å². The maximum atomic E-state index is 6.23. The summed E-state index contributed by atoms with van der Waals surface area (Å²) in [6.07, 6.45) is 6.77. The van der Waals surface area contributed by atoms with Gasteiger partial charge < -0.3 is 10.6 Å². The van der Waals surface area contributed by atoms with Crippen LogP contribution in [0.4, 0.5) is 0 Å². The van der Waals surface area contributed by atoms with Gasteiger partial charge >= 0.3 is 0 Å². The first kappa shape index (κ1) is 13.4. The SMILES string of the molecule is CC(C)(C)CC(N)CCN1CC2CCCC2C1. The molecule has 2 fully saturated rings. The van der Waals surface area contributed by atoms with Gasteiger partial charge in [-0.05, 0) is 49.5 Å². The maximum absolute atomic E-state index is 6.23. The summed E-state index contributed by atoms with van der Waals surface area (Å²) in [7, 11) is 0. The van der Waals surface area contributed by atoms with E-state index in [-0.39, 0.29) is 0 Å². The topological polar surface area (TPSA) is 29.3 Å². The standard InChI is InChI=1S/C15H30N2/c1-15(2,3)9-14(16)7-8-17-10-12-5-4-6-13(12)11-17/h12-14H,4-11,16H2,1-3H3. The minimum absolute atomic E-state index is 0.376. The van der Waals surface area contributed by atoms with Crippen molar-refractivity contribution in [2.75, 3.05) is 19.6 Å². The molecule has 1 saturated heterocycles. The molecule has 0 amide bonds. The average molecular weight is 238 g/mol. The van der Waals surface area contributed by atoms with Crippen molar-refractivity contribution in [3.63, 3.8) is 0 Å². The molecule has 2 N–H and O–H groups in total. The van der Waals surface area contributed by atoms with Crippen LogP contribution in [0.5, 0.6) is 0 Å². The molecule has 2 rings (SSSR count). The van der Waals surface area contributed by atoms with Gasteiger partial charge in [-0.3, -0.25) is 0 Å². The highest BCUT2D eigenvalue weighted by molar-refractivity contribution is 4.88. The van der Waals surface area contributed by atoms with Crippen molar-refractivity contribution in [2.24, 2.45) is 23.0 Å². The lowest BCUT2D eigenvalue weighted by Gasteiger charge is -2.25. The molecule has 1 aliphatic carbocycles. The lowest BCUT2D eigenvalue weighted by molar-refractivity contribution is 0.270. The summed E-state index contributed by atoms with van der Waals surface area (Å²) >= 11 is 0. The van der Waals surface area contributed by atoms with Crippen LogP contribution in [0.1, 0.15) is 52.9 Å². The Hall–Kier alpha value is -0.0800. The van der Waals surface area contributed by atoms with Gasteiger partial charge in [-0.25, -0.2) is 0 Å². The van der Waals surface area contributed by atoms with E-state index >= 15 is 0 Å². The van der Waals surface area contributed by atoms with Crippen molar-refractivity contribution in [3.05, 3.63) is 0 Å². The number of hydrogen-bond donors (Lipinski definition) is 1. The number of fused-ring (bicyclic) bond motifs is 1. The Kier molecular flexibility index (Phi) is 4.14. The molecule has 1 saturated carbocycles. The molecule has 3 unspecified atom stereocenters. The number of likely N-dealkylation sites (tertiary alicyclic amines) is 1. The van der Waals surface area contributed by atoms with E-state index in [1.54, 1.807) is 0 Å². The Labute approximate surface area is 107 Å². The van der Waals surface area contributed by atoms with Gasteiger partial charge in [-0.2, -0.15) is 0 Å². The summed E-state index contributed by atoms with van der Waals surface area (Å²) < 4.78 is 0. The predicted octanol–water partition coefficient (Wildman–Crippen LogP) is 2.87. The molecule has 1 aliphatic heterocycles. The molecule has 0 aromatic rings. The Morgan fingerprint density at radius 3 is 2.29 bits per heavy atom. The van der Waals surface area contributed by atoms with Gasteiger partial charge in [0.25, 0.3) is 0 Å². The quantitative estimate of drug-likeness (QED) is 0.816. The molecule has 17 heavy (non-hydrogen) atoms. The van der Waals surface area contributed by atoms with Crippen LogP contribution < -0.4 is 5.73 Å². The molecule has 0 radical (unpaired) electrons. The highest BCUT2D eigenvalue weighted by Gasteiger charge is 2.35. The summed E-state index contributed by atoms with van der Waals surface area (Å²) in [5.74, 6) is 2.04. The van der Waals surface area contributed by atoms with E-state index in [1.807, 2.05) is 0 Å². The van der Waals surface area contributed by atoms with E-state index in [9.17, 15) is 0 Å². The molecular formula is C15H30N2. The lowest BCUT2D eigenvalue weighted by atomic mass is 9.87. The number of hydrogen-bond acceptors (Lipinski definition) is 2. The van der Waals surface area contributed by atoms with Crippen molar-refractivity contribution in [3.8, 4) is 0 Å². The first-order valence-corrected chi connectivity index (χ1v) is 7.42.